The molecule has 0 aliphatic carbocycles. The normalized spacial score (nSPS) is 16.6. The number of ether oxygens (including phenoxy) is 1. The summed E-state index contributed by atoms with van der Waals surface area (Å²) in [5.74, 6) is 1.61. The van der Waals surface area contributed by atoms with E-state index in [9.17, 15) is 0 Å². The largest absolute Gasteiger partial charge is 0.496 e. The van der Waals surface area contributed by atoms with E-state index in [0.717, 1.165) is 44.9 Å². The molecule has 1 N–H and O–H groups in total. The van der Waals surface area contributed by atoms with E-state index < -0.39 is 0 Å². The number of nitrogens with one attached hydrogen (secondary N) is 1. The maximum Gasteiger partial charge on any atom is 0.125 e. The number of piperazine rings is 1. The Morgan fingerprint density at radius 3 is 2.55 bits per heavy atom. The van der Waals surface area contributed by atoms with Crippen LogP contribution in [-0.2, 0) is 6.42 Å². The van der Waals surface area contributed by atoms with Crippen molar-refractivity contribution >= 4 is 0 Å². The lowest BCUT2D eigenvalue weighted by Gasteiger charge is -2.28. The van der Waals surface area contributed by atoms with Gasteiger partial charge in [-0.05, 0) is 36.0 Å². The summed E-state index contributed by atoms with van der Waals surface area (Å²) in [6.45, 7) is 12.3. The zero-order valence-electron chi connectivity index (χ0n) is 13.3. The van der Waals surface area contributed by atoms with Gasteiger partial charge in [0.15, 0.2) is 0 Å². The molecule has 2 rings (SSSR count). The minimum Gasteiger partial charge on any atom is -0.496 e. The van der Waals surface area contributed by atoms with Crippen LogP contribution in [0.4, 0.5) is 0 Å². The lowest BCUT2D eigenvalue weighted by Crippen LogP contribution is -2.44. The molecule has 1 aliphatic heterocycles. The first-order valence-electron chi connectivity index (χ1n) is 7.73. The van der Waals surface area contributed by atoms with E-state index in [4.69, 9.17) is 4.74 Å². The van der Waals surface area contributed by atoms with Crippen LogP contribution in [0.5, 0.6) is 5.75 Å². The SMILES string of the molecule is COc1c(C(C)C)ccc(C)c1CCN1CCNCC1. The quantitative estimate of drug-likeness (QED) is 0.894. The monoisotopic (exact) mass is 276 g/mol. The van der Waals surface area contributed by atoms with Crippen LogP contribution in [0, 0.1) is 6.92 Å². The van der Waals surface area contributed by atoms with Crippen molar-refractivity contribution in [3.63, 3.8) is 0 Å². The van der Waals surface area contributed by atoms with Crippen LogP contribution < -0.4 is 10.1 Å². The molecule has 0 radical (unpaired) electrons. The van der Waals surface area contributed by atoms with Gasteiger partial charge in [0.1, 0.15) is 5.75 Å². The van der Waals surface area contributed by atoms with Crippen LogP contribution in [0.3, 0.4) is 0 Å². The van der Waals surface area contributed by atoms with Crippen molar-refractivity contribution in [3.8, 4) is 5.75 Å². The summed E-state index contributed by atoms with van der Waals surface area (Å²) in [7, 11) is 1.80. The van der Waals surface area contributed by atoms with Crippen LogP contribution >= 0.6 is 0 Å². The Balaban J connectivity index is 2.14. The van der Waals surface area contributed by atoms with Gasteiger partial charge in [-0.3, -0.25) is 0 Å². The maximum absolute atomic E-state index is 5.73. The Labute approximate surface area is 123 Å². The summed E-state index contributed by atoms with van der Waals surface area (Å²) in [4.78, 5) is 2.54. The molecule has 0 bridgehead atoms. The molecule has 1 saturated heterocycles. The minimum atomic E-state index is 0.503. The molecular formula is C17H28N2O. The van der Waals surface area contributed by atoms with Gasteiger partial charge >= 0.3 is 0 Å². The summed E-state index contributed by atoms with van der Waals surface area (Å²) < 4.78 is 5.73. The first-order valence-corrected chi connectivity index (χ1v) is 7.73. The number of nitrogens with zero attached hydrogens (tertiary/aromatic N) is 1. The van der Waals surface area contributed by atoms with E-state index in [1.165, 1.54) is 16.7 Å². The predicted octanol–water partition coefficient (Wildman–Crippen LogP) is 2.57. The third-order valence-electron chi connectivity index (χ3n) is 4.24. The fraction of sp³-hybridized carbons (Fsp3) is 0.647. The molecular weight excluding hydrogens is 248 g/mol. The molecule has 1 aromatic rings. The fourth-order valence-corrected chi connectivity index (χ4v) is 2.96. The highest BCUT2D eigenvalue weighted by atomic mass is 16.5. The van der Waals surface area contributed by atoms with Gasteiger partial charge in [-0.15, -0.1) is 0 Å². The topological polar surface area (TPSA) is 24.5 Å². The third kappa shape index (κ3) is 3.53. The second-order valence-corrected chi connectivity index (χ2v) is 5.98. The van der Waals surface area contributed by atoms with Gasteiger partial charge in [-0.2, -0.15) is 0 Å². The Hall–Kier alpha value is -1.06. The molecule has 0 amide bonds. The zero-order valence-corrected chi connectivity index (χ0v) is 13.3. The molecule has 3 heteroatoms. The van der Waals surface area contributed by atoms with Crippen molar-refractivity contribution in [2.75, 3.05) is 39.8 Å². The first-order chi connectivity index (χ1) is 9.63. The standard InChI is InChI=1S/C17H28N2O/c1-13(2)15-6-5-14(3)16(17(15)20-4)7-10-19-11-8-18-9-12-19/h5-6,13,18H,7-12H2,1-4H3. The van der Waals surface area contributed by atoms with Crippen LogP contribution in [0.1, 0.15) is 36.5 Å². The van der Waals surface area contributed by atoms with E-state index in [2.05, 4.69) is 43.1 Å². The van der Waals surface area contributed by atoms with Crippen LogP contribution in [0.25, 0.3) is 0 Å². The van der Waals surface area contributed by atoms with Gasteiger partial charge in [0, 0.05) is 32.7 Å². The van der Waals surface area contributed by atoms with Gasteiger partial charge in [0.05, 0.1) is 7.11 Å². The van der Waals surface area contributed by atoms with E-state index >= 15 is 0 Å². The van der Waals surface area contributed by atoms with Gasteiger partial charge in [-0.25, -0.2) is 0 Å². The van der Waals surface area contributed by atoms with Gasteiger partial charge < -0.3 is 15.0 Å². The number of aryl methyl sites for hydroxylation is 1. The highest BCUT2D eigenvalue weighted by molar-refractivity contribution is 5.47. The summed E-state index contributed by atoms with van der Waals surface area (Å²) in [5, 5.41) is 3.40. The van der Waals surface area contributed by atoms with Gasteiger partial charge in [0.25, 0.3) is 0 Å². The van der Waals surface area contributed by atoms with Gasteiger partial charge in [0.2, 0.25) is 0 Å². The van der Waals surface area contributed by atoms with Crippen molar-refractivity contribution in [3.05, 3.63) is 28.8 Å². The molecule has 1 aliphatic rings. The molecule has 20 heavy (non-hydrogen) atoms. The average Bonchev–Trinajstić information content (AvgIpc) is 2.46. The number of hydrogen-bond acceptors (Lipinski definition) is 3. The van der Waals surface area contributed by atoms with Crippen molar-refractivity contribution in [2.45, 2.75) is 33.1 Å². The highest BCUT2D eigenvalue weighted by Gasteiger charge is 2.16. The number of methoxy groups -OCH3 is 1. The second kappa shape index (κ2) is 7.09. The van der Waals surface area contributed by atoms with E-state index in [1.807, 2.05) is 0 Å². The van der Waals surface area contributed by atoms with E-state index in [-0.39, 0.29) is 0 Å². The molecule has 0 atom stereocenters. The Morgan fingerprint density at radius 2 is 1.95 bits per heavy atom. The molecule has 0 unspecified atom stereocenters. The summed E-state index contributed by atoms with van der Waals surface area (Å²) in [6, 6.07) is 4.46. The lowest BCUT2D eigenvalue weighted by molar-refractivity contribution is 0.243. The average molecular weight is 276 g/mol. The number of benzene rings is 1. The summed E-state index contributed by atoms with van der Waals surface area (Å²) in [5.41, 5.74) is 4.06. The van der Waals surface area contributed by atoms with Crippen molar-refractivity contribution in [1.82, 2.24) is 10.2 Å². The predicted molar refractivity (Wildman–Crippen MR) is 84.8 cm³/mol. The van der Waals surface area contributed by atoms with Crippen LogP contribution in [0.15, 0.2) is 12.1 Å². The number of rotatable bonds is 5. The number of hydrogen-bond donors (Lipinski definition) is 1. The Morgan fingerprint density at radius 1 is 1.25 bits per heavy atom. The van der Waals surface area contributed by atoms with Crippen molar-refractivity contribution in [1.29, 1.82) is 0 Å². The first kappa shape index (κ1) is 15.3. The smallest absolute Gasteiger partial charge is 0.125 e. The Bertz CT molecular complexity index is 437. The fourth-order valence-electron chi connectivity index (χ4n) is 2.96. The van der Waals surface area contributed by atoms with E-state index in [0.29, 0.717) is 5.92 Å². The van der Waals surface area contributed by atoms with Crippen molar-refractivity contribution < 1.29 is 4.74 Å². The minimum absolute atomic E-state index is 0.503. The van der Waals surface area contributed by atoms with E-state index in [1.54, 1.807) is 7.11 Å². The molecule has 0 spiro atoms. The summed E-state index contributed by atoms with van der Waals surface area (Å²) in [6.07, 6.45) is 1.08. The zero-order chi connectivity index (χ0) is 14.5. The van der Waals surface area contributed by atoms with Crippen LogP contribution in [0.2, 0.25) is 0 Å². The molecule has 0 aromatic heterocycles. The lowest BCUT2D eigenvalue weighted by atomic mass is 9.94. The Kier molecular flexibility index (Phi) is 5.44. The molecule has 1 aromatic carbocycles. The molecule has 112 valence electrons. The summed E-state index contributed by atoms with van der Waals surface area (Å²) >= 11 is 0. The third-order valence-corrected chi connectivity index (χ3v) is 4.24. The molecule has 1 fully saturated rings. The molecule has 0 saturated carbocycles. The maximum atomic E-state index is 5.73. The molecule has 3 nitrogen and oxygen atoms in total. The van der Waals surface area contributed by atoms with Gasteiger partial charge in [-0.1, -0.05) is 26.0 Å². The highest BCUT2D eigenvalue weighted by Crippen LogP contribution is 2.32. The second-order valence-electron chi connectivity index (χ2n) is 5.98. The molecule has 1 heterocycles. The van der Waals surface area contributed by atoms with Crippen LogP contribution in [-0.4, -0.2) is 44.7 Å². The van der Waals surface area contributed by atoms with Crippen molar-refractivity contribution in [2.24, 2.45) is 0 Å².